The third-order valence-corrected chi connectivity index (χ3v) is 6.94. The van der Waals surface area contributed by atoms with E-state index < -0.39 is 11.6 Å². The Bertz CT molecular complexity index is 1010. The number of imidazole rings is 1. The van der Waals surface area contributed by atoms with Crippen molar-refractivity contribution in [2.75, 3.05) is 18.4 Å². The summed E-state index contributed by atoms with van der Waals surface area (Å²) >= 11 is 0. The lowest BCUT2D eigenvalue weighted by atomic mass is 9.78. The van der Waals surface area contributed by atoms with Crippen molar-refractivity contribution < 1.29 is 13.6 Å². The first-order chi connectivity index (χ1) is 16.4. The van der Waals surface area contributed by atoms with Crippen LogP contribution in [-0.2, 0) is 23.2 Å². The second-order valence-electron chi connectivity index (χ2n) is 12.0. The maximum absolute atomic E-state index is 14.3. The van der Waals surface area contributed by atoms with Gasteiger partial charge in [0.2, 0.25) is 5.91 Å². The molecule has 0 unspecified atom stereocenters. The summed E-state index contributed by atoms with van der Waals surface area (Å²) in [5, 5.41) is 6.54. The SMILES string of the molecule is CCC[C@H](C[C@H]1CCc2cc(F)cc(F)c2C1)C(=O)Nc1cn(C(C)(C)CNCC(C)(C)C)cn1. The molecule has 0 spiro atoms. The molecule has 1 aromatic carbocycles. The number of carbonyl (C=O) groups excluding carboxylic acids is 1. The smallest absolute Gasteiger partial charge is 0.228 e. The van der Waals surface area contributed by atoms with Crippen molar-refractivity contribution in [1.29, 1.82) is 0 Å². The molecular weight excluding hydrogens is 446 g/mol. The minimum Gasteiger partial charge on any atom is -0.328 e. The maximum Gasteiger partial charge on any atom is 0.228 e. The van der Waals surface area contributed by atoms with Crippen molar-refractivity contribution in [2.45, 2.75) is 85.6 Å². The van der Waals surface area contributed by atoms with E-state index in [1.54, 1.807) is 6.33 Å². The summed E-state index contributed by atoms with van der Waals surface area (Å²) in [6.07, 6.45) is 8.05. The average molecular weight is 489 g/mol. The number of amides is 1. The largest absolute Gasteiger partial charge is 0.328 e. The molecule has 1 aromatic heterocycles. The van der Waals surface area contributed by atoms with Crippen molar-refractivity contribution in [3.8, 4) is 0 Å². The van der Waals surface area contributed by atoms with Crippen LogP contribution in [-0.4, -0.2) is 28.5 Å². The number of hydrogen-bond acceptors (Lipinski definition) is 3. The molecule has 1 aliphatic rings. The predicted molar refractivity (Wildman–Crippen MR) is 137 cm³/mol. The van der Waals surface area contributed by atoms with E-state index in [9.17, 15) is 13.6 Å². The van der Waals surface area contributed by atoms with E-state index in [0.717, 1.165) is 44.0 Å². The van der Waals surface area contributed by atoms with Gasteiger partial charge < -0.3 is 15.2 Å². The highest BCUT2D eigenvalue weighted by molar-refractivity contribution is 5.91. The zero-order valence-corrected chi connectivity index (χ0v) is 22.2. The summed E-state index contributed by atoms with van der Waals surface area (Å²) in [7, 11) is 0. The van der Waals surface area contributed by atoms with Gasteiger partial charge in [0.15, 0.2) is 5.82 Å². The molecule has 5 nitrogen and oxygen atoms in total. The van der Waals surface area contributed by atoms with Gasteiger partial charge in [0.1, 0.15) is 11.6 Å². The number of aryl methyl sites for hydroxylation is 1. The first kappa shape index (κ1) is 27.3. The third-order valence-electron chi connectivity index (χ3n) is 6.94. The Morgan fingerprint density at radius 3 is 2.63 bits per heavy atom. The number of hydrogen-bond donors (Lipinski definition) is 2. The fourth-order valence-corrected chi connectivity index (χ4v) is 4.95. The molecule has 0 radical (unpaired) electrons. The maximum atomic E-state index is 14.3. The number of fused-ring (bicyclic) bond motifs is 1. The van der Waals surface area contributed by atoms with E-state index in [4.69, 9.17) is 0 Å². The van der Waals surface area contributed by atoms with Gasteiger partial charge >= 0.3 is 0 Å². The van der Waals surface area contributed by atoms with Crippen LogP contribution in [0.3, 0.4) is 0 Å². The van der Waals surface area contributed by atoms with Crippen molar-refractivity contribution in [3.63, 3.8) is 0 Å². The minimum absolute atomic E-state index is 0.0360. The number of halogens is 2. The van der Waals surface area contributed by atoms with Crippen LogP contribution in [0.1, 0.15) is 78.4 Å². The molecule has 0 aliphatic heterocycles. The highest BCUT2D eigenvalue weighted by atomic mass is 19.1. The first-order valence-electron chi connectivity index (χ1n) is 12.9. The van der Waals surface area contributed by atoms with Crippen molar-refractivity contribution in [1.82, 2.24) is 14.9 Å². The van der Waals surface area contributed by atoms with Gasteiger partial charge in [0.25, 0.3) is 0 Å². The van der Waals surface area contributed by atoms with Gasteiger partial charge in [0, 0.05) is 31.3 Å². The van der Waals surface area contributed by atoms with Crippen LogP contribution < -0.4 is 10.6 Å². The minimum atomic E-state index is -0.518. The number of nitrogens with zero attached hydrogens (tertiary/aromatic N) is 2. The Kier molecular flexibility index (Phi) is 8.73. The predicted octanol–water partition coefficient (Wildman–Crippen LogP) is 6.08. The number of nitrogens with one attached hydrogen (secondary N) is 2. The Balaban J connectivity index is 1.61. The number of rotatable bonds is 10. The molecule has 1 aliphatic carbocycles. The quantitative estimate of drug-likeness (QED) is 0.426. The van der Waals surface area contributed by atoms with Gasteiger partial charge in [-0.2, -0.15) is 0 Å². The zero-order valence-electron chi connectivity index (χ0n) is 22.2. The van der Waals surface area contributed by atoms with E-state index in [1.807, 2.05) is 10.8 Å². The summed E-state index contributed by atoms with van der Waals surface area (Å²) in [6, 6.07) is 2.41. The highest BCUT2D eigenvalue weighted by Gasteiger charge is 2.28. The lowest BCUT2D eigenvalue weighted by molar-refractivity contribution is -0.120. The first-order valence-corrected chi connectivity index (χ1v) is 12.9. The van der Waals surface area contributed by atoms with Crippen LogP contribution in [0.4, 0.5) is 14.6 Å². The fourth-order valence-electron chi connectivity index (χ4n) is 4.95. The molecule has 0 saturated carbocycles. The monoisotopic (exact) mass is 488 g/mol. The molecule has 194 valence electrons. The summed E-state index contributed by atoms with van der Waals surface area (Å²) < 4.78 is 29.9. The van der Waals surface area contributed by atoms with Crippen LogP contribution >= 0.6 is 0 Å². The molecular formula is C28H42F2N4O. The third kappa shape index (κ3) is 7.60. The van der Waals surface area contributed by atoms with Crippen LogP contribution in [0.5, 0.6) is 0 Å². The molecule has 1 heterocycles. The number of carbonyl (C=O) groups is 1. The van der Waals surface area contributed by atoms with E-state index in [2.05, 4.69) is 57.2 Å². The Hall–Kier alpha value is -2.28. The van der Waals surface area contributed by atoms with E-state index in [1.165, 1.54) is 6.07 Å². The van der Waals surface area contributed by atoms with Gasteiger partial charge in [0.05, 0.1) is 11.9 Å². The standard InChI is InChI=1S/C28H42F2N4O/c1-7-8-21(11-19-9-10-20-13-22(29)14-24(30)23(20)12-19)26(35)33-25-15-34(18-32-25)28(5,6)17-31-16-27(2,3)4/h13-15,18-19,21,31H,7-12,16-17H2,1-6H3,(H,33,35)/t19-,21-/m1/s1. The van der Waals surface area contributed by atoms with Crippen LogP contribution in [0, 0.1) is 28.9 Å². The van der Waals surface area contributed by atoms with E-state index >= 15 is 0 Å². The Morgan fingerprint density at radius 2 is 1.94 bits per heavy atom. The van der Waals surface area contributed by atoms with Crippen LogP contribution in [0.15, 0.2) is 24.7 Å². The lowest BCUT2D eigenvalue weighted by Crippen LogP contribution is -2.40. The molecule has 7 heteroatoms. The fraction of sp³-hybridized carbons (Fsp3) is 0.643. The topological polar surface area (TPSA) is 59.0 Å². The number of anilines is 1. The second-order valence-corrected chi connectivity index (χ2v) is 12.0. The Morgan fingerprint density at radius 1 is 1.20 bits per heavy atom. The molecule has 2 N–H and O–H groups in total. The molecule has 0 bridgehead atoms. The number of benzene rings is 1. The Labute approximate surface area is 209 Å². The summed E-state index contributed by atoms with van der Waals surface area (Å²) in [5.74, 6) is -0.430. The molecule has 0 fully saturated rings. The highest BCUT2D eigenvalue weighted by Crippen LogP contribution is 2.33. The average Bonchev–Trinajstić information content (AvgIpc) is 3.22. The molecule has 35 heavy (non-hydrogen) atoms. The van der Waals surface area contributed by atoms with Gasteiger partial charge in [-0.25, -0.2) is 13.8 Å². The molecule has 0 saturated heterocycles. The van der Waals surface area contributed by atoms with Crippen molar-refractivity contribution in [2.24, 2.45) is 17.3 Å². The molecule has 3 rings (SSSR count). The van der Waals surface area contributed by atoms with E-state index in [0.29, 0.717) is 30.6 Å². The molecule has 2 aromatic rings. The van der Waals surface area contributed by atoms with Gasteiger partial charge in [-0.3, -0.25) is 4.79 Å². The normalized spacial score (nSPS) is 17.2. The van der Waals surface area contributed by atoms with Crippen LogP contribution in [0.2, 0.25) is 0 Å². The molecule has 1 amide bonds. The number of aromatic nitrogens is 2. The lowest BCUT2D eigenvalue weighted by Gasteiger charge is -2.29. The van der Waals surface area contributed by atoms with Crippen molar-refractivity contribution in [3.05, 3.63) is 47.4 Å². The summed E-state index contributed by atoms with van der Waals surface area (Å²) in [5.41, 5.74) is 1.39. The van der Waals surface area contributed by atoms with Gasteiger partial charge in [-0.1, -0.05) is 34.1 Å². The zero-order chi connectivity index (χ0) is 25.8. The van der Waals surface area contributed by atoms with Crippen molar-refractivity contribution >= 4 is 11.7 Å². The van der Waals surface area contributed by atoms with Gasteiger partial charge in [-0.15, -0.1) is 0 Å². The summed E-state index contributed by atoms with van der Waals surface area (Å²) in [6.45, 7) is 14.7. The van der Waals surface area contributed by atoms with Gasteiger partial charge in [-0.05, 0) is 74.5 Å². The van der Waals surface area contributed by atoms with E-state index in [-0.39, 0.29) is 28.7 Å². The second kappa shape index (κ2) is 11.2. The molecule has 2 atom stereocenters. The summed E-state index contributed by atoms with van der Waals surface area (Å²) in [4.78, 5) is 17.6. The van der Waals surface area contributed by atoms with Crippen LogP contribution in [0.25, 0.3) is 0 Å².